The van der Waals surface area contributed by atoms with Gasteiger partial charge in [-0.25, -0.2) is 0 Å². The lowest BCUT2D eigenvalue weighted by Gasteiger charge is -2.50. The van der Waals surface area contributed by atoms with Gasteiger partial charge in [-0.1, -0.05) is 54.0 Å². The second kappa shape index (κ2) is 4.64. The lowest BCUT2D eigenvalue weighted by molar-refractivity contribution is -0.127. The van der Waals surface area contributed by atoms with E-state index in [0.717, 1.165) is 6.42 Å². The summed E-state index contributed by atoms with van der Waals surface area (Å²) in [5.74, 6) is 0. The van der Waals surface area contributed by atoms with Crippen LogP contribution in [-0.4, -0.2) is 10.9 Å². The quantitative estimate of drug-likeness (QED) is 0.723. The molecule has 1 aromatic rings. The number of rotatable bonds is 2. The summed E-state index contributed by atoms with van der Waals surface area (Å²) in [5, 5.41) is 0. The zero-order chi connectivity index (χ0) is 12.8. The van der Waals surface area contributed by atoms with E-state index >= 15 is 0 Å². The normalized spacial score (nSPS) is 33.6. The lowest BCUT2D eigenvalue weighted by atomic mass is 9.69. The van der Waals surface area contributed by atoms with E-state index in [1.165, 1.54) is 30.4 Å². The van der Waals surface area contributed by atoms with Gasteiger partial charge < -0.3 is 4.74 Å². The Bertz CT molecular complexity index is 440. The summed E-state index contributed by atoms with van der Waals surface area (Å²) in [6.07, 6.45) is 5.51. The predicted molar refractivity (Wildman–Crippen MR) is 78.1 cm³/mol. The smallest absolute Gasteiger partial charge is 0.0831 e. The van der Waals surface area contributed by atoms with Gasteiger partial charge in [-0.15, -0.1) is 0 Å². The summed E-state index contributed by atoms with van der Waals surface area (Å²) in [5.41, 5.74) is 3.19. The van der Waals surface area contributed by atoms with Gasteiger partial charge in [-0.2, -0.15) is 0 Å². The van der Waals surface area contributed by atoms with Crippen LogP contribution < -0.4 is 0 Å². The highest BCUT2D eigenvalue weighted by molar-refractivity contribution is 9.09. The highest BCUT2D eigenvalue weighted by atomic mass is 79.9. The molecule has 2 aliphatic carbocycles. The molecule has 18 heavy (non-hydrogen) atoms. The fraction of sp³-hybridized carbons (Fsp3) is 0.625. The summed E-state index contributed by atoms with van der Waals surface area (Å²) in [6.45, 7) is 4.60. The molecule has 2 aliphatic rings. The van der Waals surface area contributed by atoms with Crippen LogP contribution in [0.2, 0.25) is 0 Å². The first-order valence-electron chi connectivity index (χ1n) is 6.96. The van der Waals surface area contributed by atoms with Crippen molar-refractivity contribution in [2.45, 2.75) is 56.6 Å². The minimum atomic E-state index is 0.270. The molecule has 0 radical (unpaired) electrons. The van der Waals surface area contributed by atoms with E-state index in [-0.39, 0.29) is 5.41 Å². The van der Waals surface area contributed by atoms with Crippen LogP contribution in [0.3, 0.4) is 0 Å². The topological polar surface area (TPSA) is 9.23 Å². The van der Waals surface area contributed by atoms with Crippen LogP contribution in [0.15, 0.2) is 24.3 Å². The predicted octanol–water partition coefficient (Wildman–Crippen LogP) is 4.64. The van der Waals surface area contributed by atoms with Gasteiger partial charge in [0, 0.05) is 10.2 Å². The maximum Gasteiger partial charge on any atom is 0.0831 e. The molecule has 0 aromatic heterocycles. The molecule has 2 heteroatoms. The van der Waals surface area contributed by atoms with Crippen LogP contribution in [0.1, 0.15) is 50.3 Å². The number of ether oxygens (including phenoxy) is 1. The fourth-order valence-corrected chi connectivity index (χ4v) is 3.75. The SMILES string of the molecule is CC1(C)C(Br)CC1OC1CCCc2ccccc21. The number of benzene rings is 1. The van der Waals surface area contributed by atoms with E-state index in [4.69, 9.17) is 4.74 Å². The Balaban J connectivity index is 1.76. The monoisotopic (exact) mass is 308 g/mol. The molecule has 0 spiro atoms. The molecule has 1 aromatic carbocycles. The maximum atomic E-state index is 6.41. The molecule has 0 heterocycles. The van der Waals surface area contributed by atoms with Crippen molar-refractivity contribution < 1.29 is 4.74 Å². The van der Waals surface area contributed by atoms with Crippen molar-refractivity contribution >= 4 is 15.9 Å². The summed E-state index contributed by atoms with van der Waals surface area (Å²) in [7, 11) is 0. The van der Waals surface area contributed by atoms with Crippen LogP contribution in [0.25, 0.3) is 0 Å². The minimum absolute atomic E-state index is 0.270. The van der Waals surface area contributed by atoms with E-state index < -0.39 is 0 Å². The Morgan fingerprint density at radius 3 is 2.78 bits per heavy atom. The van der Waals surface area contributed by atoms with Crippen molar-refractivity contribution in [1.82, 2.24) is 0 Å². The highest BCUT2D eigenvalue weighted by Gasteiger charge is 2.48. The molecule has 3 atom stereocenters. The maximum absolute atomic E-state index is 6.41. The Hall–Kier alpha value is -0.340. The fourth-order valence-electron chi connectivity index (χ4n) is 3.12. The minimum Gasteiger partial charge on any atom is -0.370 e. The lowest BCUT2D eigenvalue weighted by Crippen LogP contribution is -2.52. The number of halogens is 1. The van der Waals surface area contributed by atoms with Crippen LogP contribution >= 0.6 is 15.9 Å². The van der Waals surface area contributed by atoms with E-state index in [9.17, 15) is 0 Å². The third kappa shape index (κ3) is 2.04. The van der Waals surface area contributed by atoms with Gasteiger partial charge in [-0.3, -0.25) is 0 Å². The molecule has 3 unspecified atom stereocenters. The molecule has 0 bridgehead atoms. The molecule has 1 fully saturated rings. The van der Waals surface area contributed by atoms with Crippen molar-refractivity contribution in [3.8, 4) is 0 Å². The Kier molecular flexibility index (Phi) is 3.27. The van der Waals surface area contributed by atoms with Crippen LogP contribution in [0, 0.1) is 5.41 Å². The number of fused-ring (bicyclic) bond motifs is 1. The van der Waals surface area contributed by atoms with E-state index in [2.05, 4.69) is 54.0 Å². The molecular formula is C16H21BrO. The second-order valence-corrected chi connectivity index (χ2v) is 7.33. The molecule has 98 valence electrons. The van der Waals surface area contributed by atoms with Gasteiger partial charge in [0.2, 0.25) is 0 Å². The van der Waals surface area contributed by atoms with Gasteiger partial charge in [0.05, 0.1) is 12.2 Å². The van der Waals surface area contributed by atoms with Crippen molar-refractivity contribution in [2.75, 3.05) is 0 Å². The van der Waals surface area contributed by atoms with Crippen molar-refractivity contribution in [3.05, 3.63) is 35.4 Å². The van der Waals surface area contributed by atoms with Crippen LogP contribution in [0.5, 0.6) is 0 Å². The van der Waals surface area contributed by atoms with E-state index in [1.807, 2.05) is 0 Å². The largest absolute Gasteiger partial charge is 0.370 e. The molecule has 0 N–H and O–H groups in total. The van der Waals surface area contributed by atoms with E-state index in [1.54, 1.807) is 0 Å². The Labute approximate surface area is 118 Å². The third-order valence-corrected chi connectivity index (χ3v) is 6.25. The van der Waals surface area contributed by atoms with E-state index in [0.29, 0.717) is 17.0 Å². The Morgan fingerprint density at radius 1 is 1.28 bits per heavy atom. The van der Waals surface area contributed by atoms with Gasteiger partial charge in [-0.05, 0) is 36.8 Å². The number of aryl methyl sites for hydroxylation is 1. The first kappa shape index (κ1) is 12.7. The molecule has 3 rings (SSSR count). The summed E-state index contributed by atoms with van der Waals surface area (Å²) >= 11 is 3.74. The average Bonchev–Trinajstić information content (AvgIpc) is 2.39. The Morgan fingerprint density at radius 2 is 2.06 bits per heavy atom. The van der Waals surface area contributed by atoms with Crippen molar-refractivity contribution in [2.24, 2.45) is 5.41 Å². The summed E-state index contributed by atoms with van der Waals surface area (Å²) in [4.78, 5) is 0.605. The molecule has 0 amide bonds. The number of alkyl halides is 1. The van der Waals surface area contributed by atoms with Crippen molar-refractivity contribution in [3.63, 3.8) is 0 Å². The number of hydrogen-bond acceptors (Lipinski definition) is 1. The molecule has 1 saturated carbocycles. The zero-order valence-electron chi connectivity index (χ0n) is 11.2. The first-order chi connectivity index (χ1) is 8.59. The number of hydrogen-bond donors (Lipinski definition) is 0. The molecular weight excluding hydrogens is 288 g/mol. The van der Waals surface area contributed by atoms with Crippen molar-refractivity contribution in [1.29, 1.82) is 0 Å². The first-order valence-corrected chi connectivity index (χ1v) is 7.88. The molecule has 1 nitrogen and oxygen atoms in total. The zero-order valence-corrected chi connectivity index (χ0v) is 12.7. The molecule has 0 saturated heterocycles. The standard InChI is InChI=1S/C16H21BrO/c1-16(2)14(17)10-15(16)18-13-9-5-7-11-6-3-4-8-12(11)13/h3-4,6,8,13-15H,5,7,9-10H2,1-2H3. The van der Waals surface area contributed by atoms with Gasteiger partial charge in [0.15, 0.2) is 0 Å². The summed E-state index contributed by atoms with van der Waals surface area (Å²) < 4.78 is 6.41. The van der Waals surface area contributed by atoms with Gasteiger partial charge in [0.1, 0.15) is 0 Å². The van der Waals surface area contributed by atoms with Crippen LogP contribution in [-0.2, 0) is 11.2 Å². The van der Waals surface area contributed by atoms with Crippen LogP contribution in [0.4, 0.5) is 0 Å². The average molecular weight is 309 g/mol. The van der Waals surface area contributed by atoms with Gasteiger partial charge >= 0.3 is 0 Å². The summed E-state index contributed by atoms with van der Waals surface area (Å²) in [6, 6.07) is 8.78. The third-order valence-electron chi connectivity index (χ3n) is 4.70. The van der Waals surface area contributed by atoms with Gasteiger partial charge in [0.25, 0.3) is 0 Å². The molecule has 0 aliphatic heterocycles. The second-order valence-electron chi connectivity index (χ2n) is 6.23. The highest BCUT2D eigenvalue weighted by Crippen LogP contribution is 2.49.